The lowest BCUT2D eigenvalue weighted by molar-refractivity contribution is -0.0783. The summed E-state index contributed by atoms with van der Waals surface area (Å²) in [5, 5.41) is 20.2. The van der Waals surface area contributed by atoms with E-state index in [1.54, 1.807) is 17.0 Å². The van der Waals surface area contributed by atoms with Gasteiger partial charge in [0.2, 0.25) is 5.95 Å². The van der Waals surface area contributed by atoms with E-state index in [9.17, 15) is 9.90 Å². The van der Waals surface area contributed by atoms with Crippen LogP contribution in [0.4, 0.5) is 10.7 Å². The van der Waals surface area contributed by atoms with Gasteiger partial charge in [-0.2, -0.15) is 0 Å². The number of likely N-dealkylation sites (tertiary alicyclic amines) is 2. The topological polar surface area (TPSA) is 140 Å². The Morgan fingerprint density at radius 1 is 1.09 bits per heavy atom. The first kappa shape index (κ1) is 27.3. The van der Waals surface area contributed by atoms with E-state index in [0.717, 1.165) is 74.9 Å². The molecule has 4 aliphatic rings. The molecule has 228 valence electrons. The number of urea groups is 1. The molecule has 3 aromatic heterocycles. The number of rotatable bonds is 5. The van der Waals surface area contributed by atoms with Gasteiger partial charge in [0.05, 0.1) is 11.7 Å². The zero-order valence-electron chi connectivity index (χ0n) is 25.1. The summed E-state index contributed by atoms with van der Waals surface area (Å²) in [6.07, 6.45) is 9.65. The van der Waals surface area contributed by atoms with Gasteiger partial charge < -0.3 is 30.5 Å². The molecule has 1 saturated carbocycles. The third-order valence-electron chi connectivity index (χ3n) is 10.6. The molecule has 2 amide bonds. The Labute approximate surface area is 256 Å². The number of hydrogen-bond donors (Lipinski definition) is 3. The lowest BCUT2D eigenvalue weighted by atomic mass is 9.57. The third kappa shape index (κ3) is 4.65. The molecule has 0 unspecified atom stereocenters. The number of H-pyrrole nitrogens is 1. The fourth-order valence-electron chi connectivity index (χ4n) is 8.39. The van der Waals surface area contributed by atoms with Crippen LogP contribution in [0.2, 0.25) is 0 Å². The molecular formula is C33H39N9O2. The number of para-hydroxylation sites is 1. The Bertz CT molecular complexity index is 1700. The Kier molecular flexibility index (Phi) is 6.48. The third-order valence-corrected chi connectivity index (χ3v) is 10.6. The molecule has 0 bridgehead atoms. The number of carbonyl (C=O) groups excluding carboxylic acids is 1. The van der Waals surface area contributed by atoms with Gasteiger partial charge in [-0.3, -0.25) is 0 Å². The maximum absolute atomic E-state index is 11.3. The smallest absolute Gasteiger partial charge is 0.314 e. The quantitative estimate of drug-likeness (QED) is 0.313. The average molecular weight is 594 g/mol. The number of fused-ring (bicyclic) bond motifs is 3. The molecule has 1 spiro atoms. The van der Waals surface area contributed by atoms with Gasteiger partial charge in [-0.25, -0.2) is 14.8 Å². The fraction of sp³-hybridized carbons (Fsp3) is 0.485. The highest BCUT2D eigenvalue weighted by Gasteiger charge is 2.53. The van der Waals surface area contributed by atoms with Crippen LogP contribution in [-0.4, -0.2) is 85.4 Å². The number of aromatic nitrogens is 5. The van der Waals surface area contributed by atoms with Crippen LogP contribution in [0.5, 0.6) is 5.75 Å². The molecule has 11 heteroatoms. The lowest BCUT2D eigenvalue weighted by Crippen LogP contribution is -2.65. The summed E-state index contributed by atoms with van der Waals surface area (Å²) < 4.78 is 0. The van der Waals surface area contributed by atoms with Crippen LogP contribution >= 0.6 is 0 Å². The van der Waals surface area contributed by atoms with E-state index in [0.29, 0.717) is 22.6 Å². The zero-order valence-corrected chi connectivity index (χ0v) is 25.1. The number of aromatic hydroxyl groups is 1. The van der Waals surface area contributed by atoms with Crippen LogP contribution in [0.15, 0.2) is 42.7 Å². The second-order valence-electron chi connectivity index (χ2n) is 13.5. The van der Waals surface area contributed by atoms with Crippen molar-refractivity contribution < 1.29 is 9.90 Å². The van der Waals surface area contributed by atoms with E-state index in [2.05, 4.69) is 31.9 Å². The second kappa shape index (κ2) is 10.4. The van der Waals surface area contributed by atoms with Crippen molar-refractivity contribution in [2.45, 2.75) is 51.0 Å². The van der Waals surface area contributed by atoms with Crippen LogP contribution in [-0.2, 0) is 6.42 Å². The number of benzene rings is 1. The minimum Gasteiger partial charge on any atom is -0.507 e. The van der Waals surface area contributed by atoms with Gasteiger partial charge in [0.1, 0.15) is 5.75 Å². The van der Waals surface area contributed by atoms with Crippen molar-refractivity contribution in [1.29, 1.82) is 0 Å². The van der Waals surface area contributed by atoms with Crippen LogP contribution in [0.25, 0.3) is 22.3 Å². The van der Waals surface area contributed by atoms with Crippen LogP contribution < -0.4 is 10.6 Å². The number of anilines is 1. The predicted octanol–water partition coefficient (Wildman–Crippen LogP) is 4.21. The number of carbonyl (C=O) groups is 1. The summed E-state index contributed by atoms with van der Waals surface area (Å²) >= 11 is 0. The number of piperidine rings is 1. The molecular weight excluding hydrogens is 554 g/mol. The van der Waals surface area contributed by atoms with Gasteiger partial charge in [-0.15, -0.1) is 10.2 Å². The normalized spacial score (nSPS) is 22.2. The van der Waals surface area contributed by atoms with Crippen LogP contribution in [0.1, 0.15) is 61.4 Å². The van der Waals surface area contributed by atoms with Crippen LogP contribution in [0.3, 0.4) is 0 Å². The fourth-order valence-corrected chi connectivity index (χ4v) is 8.39. The predicted molar refractivity (Wildman–Crippen MR) is 167 cm³/mol. The highest BCUT2D eigenvalue weighted by molar-refractivity contribution is 5.86. The summed E-state index contributed by atoms with van der Waals surface area (Å²) in [5.74, 6) is 2.19. The highest BCUT2D eigenvalue weighted by Crippen LogP contribution is 2.52. The number of amides is 2. The number of nitrogens with two attached hydrogens (primary N) is 1. The van der Waals surface area contributed by atoms with E-state index < -0.39 is 0 Å². The van der Waals surface area contributed by atoms with E-state index in [-0.39, 0.29) is 17.8 Å². The van der Waals surface area contributed by atoms with Crippen molar-refractivity contribution >= 4 is 23.0 Å². The second-order valence-corrected chi connectivity index (χ2v) is 13.5. The SMILES string of the molecule is C[C@@H]1c2c([nH]c3nnc(-c4ccccc4O)cc23)CCN1c1ncc(C2CCN(CC3CC4(C3)CN(C(N)=O)C4)CC2)cn1. The highest BCUT2D eigenvalue weighted by atomic mass is 16.3. The van der Waals surface area contributed by atoms with E-state index in [1.807, 2.05) is 30.6 Å². The Hall–Kier alpha value is -4.25. The summed E-state index contributed by atoms with van der Waals surface area (Å²) in [5.41, 5.74) is 11.5. The molecule has 2 saturated heterocycles. The Morgan fingerprint density at radius 2 is 1.84 bits per heavy atom. The first-order valence-corrected chi connectivity index (χ1v) is 15.9. The molecule has 1 aliphatic carbocycles. The molecule has 8 rings (SSSR count). The molecule has 0 radical (unpaired) electrons. The van der Waals surface area contributed by atoms with Gasteiger partial charge in [0.15, 0.2) is 5.65 Å². The molecule has 3 aliphatic heterocycles. The van der Waals surface area contributed by atoms with E-state index >= 15 is 0 Å². The number of phenolic OH excluding ortho intramolecular Hbond substituents is 1. The van der Waals surface area contributed by atoms with Gasteiger partial charge in [0, 0.05) is 72.6 Å². The minimum atomic E-state index is -0.275. The van der Waals surface area contributed by atoms with Crippen molar-refractivity contribution in [2.24, 2.45) is 17.1 Å². The first-order chi connectivity index (χ1) is 21.4. The summed E-state index contributed by atoms with van der Waals surface area (Å²) in [6, 6.07) is 9.04. The lowest BCUT2D eigenvalue weighted by Gasteiger charge is -2.59. The largest absolute Gasteiger partial charge is 0.507 e. The Morgan fingerprint density at radius 3 is 2.57 bits per heavy atom. The van der Waals surface area contributed by atoms with Crippen molar-refractivity contribution in [1.82, 2.24) is 34.9 Å². The maximum Gasteiger partial charge on any atom is 0.314 e. The number of hydrogen-bond acceptors (Lipinski definition) is 8. The zero-order chi connectivity index (χ0) is 30.0. The molecule has 1 atom stereocenters. The van der Waals surface area contributed by atoms with Gasteiger partial charge in [-0.1, -0.05) is 12.1 Å². The van der Waals surface area contributed by atoms with Crippen molar-refractivity contribution in [3.63, 3.8) is 0 Å². The molecule has 6 heterocycles. The first-order valence-electron chi connectivity index (χ1n) is 15.9. The van der Waals surface area contributed by atoms with Crippen LogP contribution in [0, 0.1) is 11.3 Å². The number of nitrogens with one attached hydrogen (secondary N) is 1. The standard InChI is InChI=1S/C33H39N9O2/c1-20-29-25-12-27(24-4-2-3-5-28(24)43)38-39-30(25)37-26(29)8-11-42(20)32-35-15-23(16-36-32)22-6-9-40(10-7-22)17-21-13-33(14-21)18-41(19-33)31(34)44/h2-5,12,15-16,20-22,43H,6-11,13-14,17-19H2,1H3,(H2,34,44)(H,37,39)/t20-/m1/s1. The molecule has 11 nitrogen and oxygen atoms in total. The van der Waals surface area contributed by atoms with E-state index in [4.69, 9.17) is 15.7 Å². The summed E-state index contributed by atoms with van der Waals surface area (Å²) in [7, 11) is 0. The van der Waals surface area contributed by atoms with Gasteiger partial charge in [0.25, 0.3) is 0 Å². The number of nitrogens with zero attached hydrogens (tertiary/aromatic N) is 7. The van der Waals surface area contributed by atoms with E-state index in [1.165, 1.54) is 36.2 Å². The van der Waals surface area contributed by atoms with Gasteiger partial charge >= 0.3 is 6.03 Å². The average Bonchev–Trinajstić information content (AvgIpc) is 3.37. The number of primary amides is 1. The molecule has 1 aromatic carbocycles. The van der Waals surface area contributed by atoms with Gasteiger partial charge in [-0.05, 0) is 81.3 Å². The minimum absolute atomic E-state index is 0.0625. The van der Waals surface area contributed by atoms with Crippen molar-refractivity contribution in [3.8, 4) is 17.0 Å². The maximum atomic E-state index is 11.3. The molecule has 3 fully saturated rings. The number of phenols is 1. The molecule has 4 aromatic rings. The Balaban J connectivity index is 0.904. The molecule has 4 N–H and O–H groups in total. The van der Waals surface area contributed by atoms with Crippen molar-refractivity contribution in [2.75, 3.05) is 44.2 Å². The van der Waals surface area contributed by atoms with Crippen molar-refractivity contribution in [3.05, 3.63) is 59.5 Å². The number of aromatic amines is 1. The summed E-state index contributed by atoms with van der Waals surface area (Å²) in [4.78, 5) is 31.2. The monoisotopic (exact) mass is 593 g/mol. The molecule has 44 heavy (non-hydrogen) atoms. The summed E-state index contributed by atoms with van der Waals surface area (Å²) in [6.45, 7) is 8.12.